The Labute approximate surface area is 111 Å². The first kappa shape index (κ1) is 13.9. The van der Waals surface area contributed by atoms with E-state index in [1.807, 2.05) is 0 Å². The van der Waals surface area contributed by atoms with Crippen molar-refractivity contribution in [3.63, 3.8) is 0 Å². The molecule has 1 amide bonds. The predicted molar refractivity (Wildman–Crippen MR) is 74.2 cm³/mol. The summed E-state index contributed by atoms with van der Waals surface area (Å²) in [7, 11) is 0. The minimum Gasteiger partial charge on any atom is -0.323 e. The lowest BCUT2D eigenvalue weighted by Gasteiger charge is -2.31. The van der Waals surface area contributed by atoms with Crippen LogP contribution in [0.5, 0.6) is 0 Å². The van der Waals surface area contributed by atoms with Crippen molar-refractivity contribution < 1.29 is 4.79 Å². The highest BCUT2D eigenvalue weighted by molar-refractivity contribution is 5.92. The lowest BCUT2D eigenvalue weighted by molar-refractivity contribution is -0.133. The maximum absolute atomic E-state index is 12.5. The first-order valence-corrected chi connectivity index (χ1v) is 7.64. The van der Waals surface area contributed by atoms with Gasteiger partial charge in [0.15, 0.2) is 0 Å². The summed E-state index contributed by atoms with van der Waals surface area (Å²) in [6.45, 7) is 8.93. The minimum absolute atomic E-state index is 0.149. The molecule has 0 aromatic rings. The normalized spacial score (nSPS) is 28.8. The lowest BCUT2D eigenvalue weighted by atomic mass is 9.99. The van der Waals surface area contributed by atoms with Crippen molar-refractivity contribution in [3.8, 4) is 0 Å². The smallest absolute Gasteiger partial charge is 0.244 e. The number of amides is 1. The molecule has 3 heteroatoms. The van der Waals surface area contributed by atoms with Crippen LogP contribution in [0.2, 0.25) is 0 Å². The number of nitrogens with zero attached hydrogens (tertiary/aromatic N) is 1. The molecule has 18 heavy (non-hydrogen) atoms. The summed E-state index contributed by atoms with van der Waals surface area (Å²) in [4.78, 5) is 14.7. The molecule has 3 nitrogen and oxygen atoms in total. The van der Waals surface area contributed by atoms with Gasteiger partial charge in [0.25, 0.3) is 0 Å². The molecule has 3 unspecified atom stereocenters. The summed E-state index contributed by atoms with van der Waals surface area (Å²) in [6, 6.07) is 0.372. The van der Waals surface area contributed by atoms with Gasteiger partial charge >= 0.3 is 0 Å². The molecule has 1 aliphatic carbocycles. The molecule has 1 saturated carbocycles. The van der Waals surface area contributed by atoms with E-state index in [0.717, 1.165) is 32.1 Å². The number of rotatable bonds is 6. The van der Waals surface area contributed by atoms with E-state index in [9.17, 15) is 4.79 Å². The van der Waals surface area contributed by atoms with Gasteiger partial charge in [0.1, 0.15) is 0 Å². The Hall–Kier alpha value is -0.570. The monoisotopic (exact) mass is 252 g/mol. The van der Waals surface area contributed by atoms with E-state index in [1.54, 1.807) is 0 Å². The Morgan fingerprint density at radius 1 is 1.39 bits per heavy atom. The van der Waals surface area contributed by atoms with Crippen molar-refractivity contribution in [1.29, 1.82) is 0 Å². The summed E-state index contributed by atoms with van der Waals surface area (Å²) in [5, 5.41) is 3.59. The van der Waals surface area contributed by atoms with E-state index >= 15 is 0 Å². The van der Waals surface area contributed by atoms with E-state index in [0.29, 0.717) is 17.9 Å². The average Bonchev–Trinajstić information content (AvgIpc) is 3.04. The first-order chi connectivity index (χ1) is 8.54. The van der Waals surface area contributed by atoms with Crippen LogP contribution in [0.25, 0.3) is 0 Å². The largest absolute Gasteiger partial charge is 0.323 e. The van der Waals surface area contributed by atoms with Crippen LogP contribution < -0.4 is 5.32 Å². The second-order valence-electron chi connectivity index (χ2n) is 6.34. The molecular weight excluding hydrogens is 224 g/mol. The molecule has 1 aliphatic heterocycles. The van der Waals surface area contributed by atoms with Gasteiger partial charge in [-0.3, -0.25) is 10.1 Å². The highest BCUT2D eigenvalue weighted by atomic mass is 16.2. The number of carbonyl (C=O) groups is 1. The topological polar surface area (TPSA) is 32.3 Å². The number of carbonyl (C=O) groups excluding carboxylic acids is 1. The van der Waals surface area contributed by atoms with Crippen molar-refractivity contribution >= 4 is 5.91 Å². The van der Waals surface area contributed by atoms with E-state index in [4.69, 9.17) is 0 Å². The molecule has 2 fully saturated rings. The molecule has 1 spiro atoms. The van der Waals surface area contributed by atoms with Crippen LogP contribution in [0.3, 0.4) is 0 Å². The standard InChI is InChI=1S/C15H28N2O/c1-5-7-13-16-15(8-9-15)14(18)17(13)12(4)10-11(3)6-2/h11-13,16H,5-10H2,1-4H3. The van der Waals surface area contributed by atoms with Crippen LogP contribution in [-0.2, 0) is 4.79 Å². The van der Waals surface area contributed by atoms with Crippen LogP contribution in [0.15, 0.2) is 0 Å². The lowest BCUT2D eigenvalue weighted by Crippen LogP contribution is -2.43. The molecule has 2 rings (SSSR count). The van der Waals surface area contributed by atoms with Gasteiger partial charge in [0, 0.05) is 6.04 Å². The quantitative estimate of drug-likeness (QED) is 0.788. The third-order valence-corrected chi connectivity index (χ3v) is 4.65. The molecular formula is C15H28N2O. The van der Waals surface area contributed by atoms with Crippen molar-refractivity contribution in [2.75, 3.05) is 0 Å². The Morgan fingerprint density at radius 3 is 2.56 bits per heavy atom. The predicted octanol–water partition coefficient (Wildman–Crippen LogP) is 2.90. The zero-order valence-corrected chi connectivity index (χ0v) is 12.3. The summed E-state index contributed by atoms with van der Waals surface area (Å²) < 4.78 is 0. The summed E-state index contributed by atoms with van der Waals surface area (Å²) >= 11 is 0. The van der Waals surface area contributed by atoms with Crippen LogP contribution >= 0.6 is 0 Å². The third-order valence-electron chi connectivity index (χ3n) is 4.65. The van der Waals surface area contributed by atoms with E-state index < -0.39 is 0 Å². The van der Waals surface area contributed by atoms with Crippen LogP contribution in [0, 0.1) is 5.92 Å². The number of hydrogen-bond acceptors (Lipinski definition) is 2. The highest BCUT2D eigenvalue weighted by Crippen LogP contribution is 2.43. The Bertz CT molecular complexity index is 312. The van der Waals surface area contributed by atoms with Gasteiger partial charge in [-0.25, -0.2) is 0 Å². The first-order valence-electron chi connectivity index (χ1n) is 7.64. The van der Waals surface area contributed by atoms with E-state index in [-0.39, 0.29) is 11.7 Å². The fraction of sp³-hybridized carbons (Fsp3) is 0.933. The van der Waals surface area contributed by atoms with Gasteiger partial charge in [-0.05, 0) is 38.5 Å². The van der Waals surface area contributed by atoms with Gasteiger partial charge in [0.05, 0.1) is 11.7 Å². The van der Waals surface area contributed by atoms with Gasteiger partial charge in [-0.2, -0.15) is 0 Å². The van der Waals surface area contributed by atoms with E-state index in [2.05, 4.69) is 37.9 Å². The zero-order chi connectivity index (χ0) is 13.3. The van der Waals surface area contributed by atoms with Gasteiger partial charge in [-0.1, -0.05) is 33.6 Å². The Kier molecular flexibility index (Phi) is 4.00. The zero-order valence-electron chi connectivity index (χ0n) is 12.3. The second-order valence-corrected chi connectivity index (χ2v) is 6.34. The maximum atomic E-state index is 12.5. The number of hydrogen-bond donors (Lipinski definition) is 1. The van der Waals surface area contributed by atoms with Crippen LogP contribution in [-0.4, -0.2) is 28.6 Å². The molecule has 0 radical (unpaired) electrons. The summed E-state index contributed by atoms with van der Waals surface area (Å²) in [5.74, 6) is 1.07. The van der Waals surface area contributed by atoms with Crippen molar-refractivity contribution in [2.24, 2.45) is 5.92 Å². The van der Waals surface area contributed by atoms with Crippen molar-refractivity contribution in [2.45, 2.75) is 84.0 Å². The molecule has 3 atom stereocenters. The Morgan fingerprint density at radius 2 is 2.06 bits per heavy atom. The second kappa shape index (κ2) is 5.20. The molecule has 0 aromatic carbocycles. The van der Waals surface area contributed by atoms with Crippen LogP contribution in [0.1, 0.15) is 66.2 Å². The Balaban J connectivity index is 2.05. The molecule has 1 heterocycles. The molecule has 2 aliphatic rings. The molecule has 0 aromatic heterocycles. The fourth-order valence-corrected chi connectivity index (χ4v) is 3.18. The van der Waals surface area contributed by atoms with E-state index in [1.165, 1.54) is 6.42 Å². The highest BCUT2D eigenvalue weighted by Gasteiger charge is 2.59. The third kappa shape index (κ3) is 2.42. The molecule has 0 bridgehead atoms. The fourth-order valence-electron chi connectivity index (χ4n) is 3.18. The molecule has 1 N–H and O–H groups in total. The number of nitrogens with one attached hydrogen (secondary N) is 1. The SMILES string of the molecule is CCCC1NC2(CC2)C(=O)N1C(C)CC(C)CC. The minimum atomic E-state index is -0.149. The maximum Gasteiger partial charge on any atom is 0.244 e. The van der Waals surface area contributed by atoms with Crippen LogP contribution in [0.4, 0.5) is 0 Å². The molecule has 104 valence electrons. The van der Waals surface area contributed by atoms with Crippen molar-refractivity contribution in [3.05, 3.63) is 0 Å². The van der Waals surface area contributed by atoms with Gasteiger partial charge in [-0.15, -0.1) is 0 Å². The summed E-state index contributed by atoms with van der Waals surface area (Å²) in [5.41, 5.74) is -0.149. The summed E-state index contributed by atoms with van der Waals surface area (Å²) in [6.07, 6.45) is 6.90. The van der Waals surface area contributed by atoms with Crippen molar-refractivity contribution in [1.82, 2.24) is 10.2 Å². The van der Waals surface area contributed by atoms with Gasteiger partial charge < -0.3 is 4.90 Å². The average molecular weight is 252 g/mol. The molecule has 1 saturated heterocycles. The van der Waals surface area contributed by atoms with Gasteiger partial charge in [0.2, 0.25) is 5.91 Å².